The lowest BCUT2D eigenvalue weighted by atomic mass is 9.93. The lowest BCUT2D eigenvalue weighted by Gasteiger charge is -2.45. The van der Waals surface area contributed by atoms with E-state index in [-0.39, 0.29) is 11.9 Å². The summed E-state index contributed by atoms with van der Waals surface area (Å²) in [5.41, 5.74) is 3.22. The normalized spacial score (nSPS) is 23.3. The maximum Gasteiger partial charge on any atom is 0.221 e. The summed E-state index contributed by atoms with van der Waals surface area (Å²) in [6.07, 6.45) is 4.27. The lowest BCUT2D eigenvalue weighted by molar-refractivity contribution is -0.112. The van der Waals surface area contributed by atoms with Gasteiger partial charge in [0.2, 0.25) is 5.72 Å². The van der Waals surface area contributed by atoms with Gasteiger partial charge >= 0.3 is 0 Å². The highest BCUT2D eigenvalue weighted by Crippen LogP contribution is 2.50. The van der Waals surface area contributed by atoms with Crippen molar-refractivity contribution in [3.05, 3.63) is 95.6 Å². The van der Waals surface area contributed by atoms with Gasteiger partial charge in [0, 0.05) is 36.9 Å². The molecule has 0 amide bonds. The Kier molecular flexibility index (Phi) is 3.50. The molecule has 0 bridgehead atoms. The van der Waals surface area contributed by atoms with Crippen molar-refractivity contribution >= 4 is 5.71 Å². The Morgan fingerprint density at radius 3 is 2.56 bits per heavy atom. The van der Waals surface area contributed by atoms with Gasteiger partial charge in [0.15, 0.2) is 0 Å². The summed E-state index contributed by atoms with van der Waals surface area (Å²) in [6.45, 7) is 2.03. The molecule has 134 valence electrons. The summed E-state index contributed by atoms with van der Waals surface area (Å²) in [5.74, 6) is 0.624. The molecule has 3 aromatic rings. The Morgan fingerprint density at radius 1 is 1.04 bits per heavy atom. The standard InChI is InChI=1S/C22H18FN3O/c1-22(16-10-12-24-13-11-16)26-20(18-4-2-3-5-21(18)27-22)14-19(25-26)15-6-8-17(23)9-7-15/h2-13,20H,14H2,1H3/t20-,22+/m0/s1. The van der Waals surface area contributed by atoms with Gasteiger partial charge in [0.25, 0.3) is 0 Å². The summed E-state index contributed by atoms with van der Waals surface area (Å²) < 4.78 is 19.8. The van der Waals surface area contributed by atoms with Crippen LogP contribution in [0.2, 0.25) is 0 Å². The number of hydrogen-bond acceptors (Lipinski definition) is 4. The van der Waals surface area contributed by atoms with Crippen LogP contribution in [0, 0.1) is 5.82 Å². The Morgan fingerprint density at radius 2 is 1.78 bits per heavy atom. The quantitative estimate of drug-likeness (QED) is 0.669. The summed E-state index contributed by atoms with van der Waals surface area (Å²) in [7, 11) is 0. The molecule has 0 fully saturated rings. The first-order valence-corrected chi connectivity index (χ1v) is 8.96. The second kappa shape index (κ2) is 5.91. The van der Waals surface area contributed by atoms with Crippen molar-refractivity contribution in [1.82, 2.24) is 9.99 Å². The number of ether oxygens (including phenoxy) is 1. The van der Waals surface area contributed by atoms with Crippen LogP contribution < -0.4 is 4.74 Å². The number of aromatic nitrogens is 1. The van der Waals surface area contributed by atoms with E-state index in [1.165, 1.54) is 12.1 Å². The molecule has 0 N–H and O–H groups in total. The van der Waals surface area contributed by atoms with Gasteiger partial charge in [-0.25, -0.2) is 9.40 Å². The molecular formula is C22H18FN3O. The van der Waals surface area contributed by atoms with E-state index in [0.717, 1.165) is 34.6 Å². The first-order chi connectivity index (χ1) is 13.1. The molecule has 0 radical (unpaired) electrons. The van der Waals surface area contributed by atoms with Crippen molar-refractivity contribution in [2.75, 3.05) is 0 Å². The lowest BCUT2D eigenvalue weighted by Crippen LogP contribution is -2.48. The zero-order valence-corrected chi connectivity index (χ0v) is 14.8. The third-order valence-corrected chi connectivity index (χ3v) is 5.33. The fourth-order valence-corrected chi connectivity index (χ4v) is 3.92. The van der Waals surface area contributed by atoms with Crippen molar-refractivity contribution in [3.8, 4) is 5.75 Å². The fraction of sp³-hybridized carbons (Fsp3) is 0.182. The molecule has 2 aliphatic rings. The minimum Gasteiger partial charge on any atom is -0.462 e. The van der Waals surface area contributed by atoms with Gasteiger partial charge in [-0.15, -0.1) is 0 Å². The molecule has 0 saturated heterocycles. The molecule has 2 atom stereocenters. The van der Waals surface area contributed by atoms with E-state index in [4.69, 9.17) is 9.84 Å². The summed E-state index contributed by atoms with van der Waals surface area (Å²) in [5, 5.41) is 6.95. The molecule has 0 spiro atoms. The smallest absolute Gasteiger partial charge is 0.221 e. The van der Waals surface area contributed by atoms with E-state index in [0.29, 0.717) is 0 Å². The van der Waals surface area contributed by atoms with E-state index in [2.05, 4.69) is 11.1 Å². The molecule has 0 saturated carbocycles. The molecule has 27 heavy (non-hydrogen) atoms. The maximum absolute atomic E-state index is 13.3. The number of halogens is 1. The number of pyridine rings is 1. The molecule has 3 heterocycles. The Labute approximate surface area is 156 Å². The van der Waals surface area contributed by atoms with Crippen molar-refractivity contribution in [2.24, 2.45) is 5.10 Å². The van der Waals surface area contributed by atoms with E-state index >= 15 is 0 Å². The number of para-hydroxylation sites is 1. The summed E-state index contributed by atoms with van der Waals surface area (Å²) >= 11 is 0. The SMILES string of the molecule is C[C@]1(c2ccncc2)Oc2ccccc2[C@@H]2CC(c3ccc(F)cc3)=NN21. The van der Waals surface area contributed by atoms with Crippen molar-refractivity contribution < 1.29 is 9.13 Å². The highest BCUT2D eigenvalue weighted by Gasteiger charge is 2.48. The van der Waals surface area contributed by atoms with Crippen LogP contribution in [0.25, 0.3) is 0 Å². The second-order valence-electron chi connectivity index (χ2n) is 6.98. The highest BCUT2D eigenvalue weighted by molar-refractivity contribution is 6.02. The van der Waals surface area contributed by atoms with Crippen LogP contribution in [-0.2, 0) is 5.72 Å². The number of fused-ring (bicyclic) bond motifs is 3. The molecule has 0 aliphatic carbocycles. The number of nitrogens with zero attached hydrogens (tertiary/aromatic N) is 3. The van der Waals surface area contributed by atoms with Gasteiger partial charge in [0.05, 0.1) is 11.8 Å². The van der Waals surface area contributed by atoms with Crippen molar-refractivity contribution in [1.29, 1.82) is 0 Å². The zero-order valence-electron chi connectivity index (χ0n) is 14.8. The van der Waals surface area contributed by atoms with Gasteiger partial charge in [-0.05, 0) is 35.9 Å². The van der Waals surface area contributed by atoms with Gasteiger partial charge in [0.1, 0.15) is 11.6 Å². The van der Waals surface area contributed by atoms with Crippen LogP contribution in [-0.4, -0.2) is 15.7 Å². The molecule has 1 aromatic heterocycles. The molecule has 4 nitrogen and oxygen atoms in total. The number of hydrazone groups is 1. The molecule has 5 heteroatoms. The first kappa shape index (κ1) is 16.0. The molecule has 0 unspecified atom stereocenters. The van der Waals surface area contributed by atoms with Crippen LogP contribution in [0.4, 0.5) is 4.39 Å². The molecule has 5 rings (SSSR count). The van der Waals surface area contributed by atoms with Crippen LogP contribution >= 0.6 is 0 Å². The Hall–Kier alpha value is -3.21. The first-order valence-electron chi connectivity index (χ1n) is 8.96. The van der Waals surface area contributed by atoms with E-state index in [1.54, 1.807) is 24.5 Å². The van der Waals surface area contributed by atoms with E-state index < -0.39 is 5.72 Å². The van der Waals surface area contributed by atoms with Crippen LogP contribution in [0.3, 0.4) is 0 Å². The number of benzene rings is 2. The van der Waals surface area contributed by atoms with E-state index in [1.807, 2.05) is 42.3 Å². The Balaban J connectivity index is 1.64. The minimum atomic E-state index is -0.746. The van der Waals surface area contributed by atoms with Crippen LogP contribution in [0.5, 0.6) is 5.75 Å². The van der Waals surface area contributed by atoms with Crippen molar-refractivity contribution in [3.63, 3.8) is 0 Å². The van der Waals surface area contributed by atoms with Crippen LogP contribution in [0.15, 0.2) is 78.2 Å². The Bertz CT molecular complexity index is 1020. The predicted molar refractivity (Wildman–Crippen MR) is 101 cm³/mol. The minimum absolute atomic E-state index is 0.0631. The molecule has 2 aliphatic heterocycles. The number of rotatable bonds is 2. The van der Waals surface area contributed by atoms with Gasteiger partial charge in [-0.1, -0.05) is 30.3 Å². The topological polar surface area (TPSA) is 37.7 Å². The molecular weight excluding hydrogens is 341 g/mol. The predicted octanol–water partition coefficient (Wildman–Crippen LogP) is 4.64. The van der Waals surface area contributed by atoms with Gasteiger partial charge < -0.3 is 4.74 Å². The maximum atomic E-state index is 13.3. The van der Waals surface area contributed by atoms with E-state index in [9.17, 15) is 4.39 Å². The zero-order chi connectivity index (χ0) is 18.4. The van der Waals surface area contributed by atoms with Crippen LogP contribution in [0.1, 0.15) is 36.1 Å². The van der Waals surface area contributed by atoms with Crippen molar-refractivity contribution in [2.45, 2.75) is 25.1 Å². The average Bonchev–Trinajstić information content (AvgIpc) is 3.16. The largest absolute Gasteiger partial charge is 0.462 e. The number of hydrogen-bond donors (Lipinski definition) is 0. The molecule has 2 aromatic carbocycles. The monoisotopic (exact) mass is 359 g/mol. The third-order valence-electron chi connectivity index (χ3n) is 5.33. The third kappa shape index (κ3) is 2.50. The van der Waals surface area contributed by atoms with Gasteiger partial charge in [-0.2, -0.15) is 5.10 Å². The second-order valence-corrected chi connectivity index (χ2v) is 6.98. The van der Waals surface area contributed by atoms with Gasteiger partial charge in [-0.3, -0.25) is 4.98 Å². The highest BCUT2D eigenvalue weighted by atomic mass is 19.1. The average molecular weight is 359 g/mol. The summed E-state index contributed by atoms with van der Waals surface area (Å²) in [6, 6.07) is 18.6. The fourth-order valence-electron chi connectivity index (χ4n) is 3.92. The summed E-state index contributed by atoms with van der Waals surface area (Å²) in [4.78, 5) is 4.13.